The molecule has 2 nitrogen and oxygen atoms in total. The molecule has 0 spiro atoms. The predicted octanol–water partition coefficient (Wildman–Crippen LogP) is 14.9. The number of hydrogen-bond acceptors (Lipinski definition) is 2. The van der Waals surface area contributed by atoms with Gasteiger partial charge < -0.3 is 9.32 Å². The number of furan rings is 1. The molecule has 0 saturated heterocycles. The van der Waals surface area contributed by atoms with Crippen LogP contribution in [-0.2, 0) is 0 Å². The van der Waals surface area contributed by atoms with Gasteiger partial charge in [-0.3, -0.25) is 0 Å². The van der Waals surface area contributed by atoms with E-state index in [9.17, 15) is 0 Å². The molecular formula is C52H35NO. The molecule has 0 fully saturated rings. The van der Waals surface area contributed by atoms with Gasteiger partial charge in [-0.15, -0.1) is 0 Å². The van der Waals surface area contributed by atoms with Crippen molar-refractivity contribution in [3.8, 4) is 44.5 Å². The van der Waals surface area contributed by atoms with Gasteiger partial charge in [0.05, 0.1) is 5.69 Å². The van der Waals surface area contributed by atoms with Gasteiger partial charge in [-0.25, -0.2) is 0 Å². The second kappa shape index (κ2) is 13.4. The summed E-state index contributed by atoms with van der Waals surface area (Å²) in [7, 11) is 0. The smallest absolute Gasteiger partial charge is 0.135 e. The van der Waals surface area contributed by atoms with Crippen molar-refractivity contribution in [2.45, 2.75) is 0 Å². The number of fused-ring (bicyclic) bond motifs is 4. The Balaban J connectivity index is 1.08. The van der Waals surface area contributed by atoms with Crippen LogP contribution in [0.2, 0.25) is 0 Å². The van der Waals surface area contributed by atoms with Crippen LogP contribution in [0, 0.1) is 0 Å². The molecule has 1 aromatic heterocycles. The molecule has 0 atom stereocenters. The van der Waals surface area contributed by atoms with Crippen LogP contribution in [0.3, 0.4) is 0 Å². The lowest BCUT2D eigenvalue weighted by molar-refractivity contribution is 0.669. The maximum atomic E-state index is 6.25. The van der Waals surface area contributed by atoms with Gasteiger partial charge in [0, 0.05) is 27.7 Å². The minimum atomic E-state index is 0.881. The third-order valence-corrected chi connectivity index (χ3v) is 10.5. The van der Waals surface area contributed by atoms with Gasteiger partial charge in [-0.05, 0) is 98.2 Å². The van der Waals surface area contributed by atoms with E-state index in [2.05, 4.69) is 205 Å². The fourth-order valence-electron chi connectivity index (χ4n) is 7.81. The molecule has 10 aromatic rings. The first-order valence-electron chi connectivity index (χ1n) is 18.4. The highest BCUT2D eigenvalue weighted by atomic mass is 16.3. The maximum absolute atomic E-state index is 6.25. The molecule has 0 aliphatic carbocycles. The molecular weight excluding hydrogens is 655 g/mol. The molecule has 0 N–H and O–H groups in total. The largest absolute Gasteiger partial charge is 0.456 e. The zero-order chi connectivity index (χ0) is 35.8. The Labute approximate surface area is 314 Å². The summed E-state index contributed by atoms with van der Waals surface area (Å²) in [4.78, 5) is 2.37. The van der Waals surface area contributed by atoms with Crippen molar-refractivity contribution in [3.05, 3.63) is 212 Å². The molecule has 0 aliphatic heterocycles. The number of anilines is 3. The van der Waals surface area contributed by atoms with Crippen molar-refractivity contribution < 1.29 is 4.42 Å². The molecule has 9 aromatic carbocycles. The monoisotopic (exact) mass is 689 g/mol. The average Bonchev–Trinajstić information content (AvgIpc) is 3.63. The second-order valence-electron chi connectivity index (χ2n) is 13.7. The zero-order valence-corrected chi connectivity index (χ0v) is 29.6. The first-order chi connectivity index (χ1) is 26.8. The topological polar surface area (TPSA) is 16.4 Å². The summed E-state index contributed by atoms with van der Waals surface area (Å²) in [6.07, 6.45) is 0. The van der Waals surface area contributed by atoms with E-state index in [-0.39, 0.29) is 0 Å². The standard InChI is InChI=1S/C52H35NO/c1-2-12-36(13-3-1)37-24-26-40(27-25-37)47-19-6-8-22-50(47)53(44-32-33-52-49(35-44)48-20-7-9-23-51(48)54-52)43-30-28-38(29-31-43)41-16-10-17-42(34-41)46-21-11-15-39-14-4-5-18-45(39)46/h1-35H. The van der Waals surface area contributed by atoms with E-state index >= 15 is 0 Å². The van der Waals surface area contributed by atoms with E-state index in [1.165, 1.54) is 44.2 Å². The third kappa shape index (κ3) is 5.71. The zero-order valence-electron chi connectivity index (χ0n) is 29.6. The summed E-state index contributed by atoms with van der Waals surface area (Å²) in [5.74, 6) is 0. The van der Waals surface area contributed by atoms with Crippen LogP contribution < -0.4 is 4.90 Å². The highest BCUT2D eigenvalue weighted by Crippen LogP contribution is 2.43. The van der Waals surface area contributed by atoms with Crippen molar-refractivity contribution in [1.29, 1.82) is 0 Å². The van der Waals surface area contributed by atoms with Gasteiger partial charge >= 0.3 is 0 Å². The van der Waals surface area contributed by atoms with Crippen molar-refractivity contribution in [1.82, 2.24) is 0 Å². The summed E-state index contributed by atoms with van der Waals surface area (Å²) in [6.45, 7) is 0. The quantitative estimate of drug-likeness (QED) is 0.166. The summed E-state index contributed by atoms with van der Waals surface area (Å²) in [5.41, 5.74) is 14.5. The van der Waals surface area contributed by atoms with E-state index in [0.29, 0.717) is 0 Å². The van der Waals surface area contributed by atoms with Crippen LogP contribution in [-0.4, -0.2) is 0 Å². The molecule has 0 aliphatic rings. The number of hydrogen-bond donors (Lipinski definition) is 0. The highest BCUT2D eigenvalue weighted by Gasteiger charge is 2.19. The predicted molar refractivity (Wildman–Crippen MR) is 228 cm³/mol. The van der Waals surface area contributed by atoms with Gasteiger partial charge in [0.15, 0.2) is 0 Å². The Hall–Kier alpha value is -7.16. The molecule has 2 heteroatoms. The van der Waals surface area contributed by atoms with Crippen LogP contribution in [0.15, 0.2) is 217 Å². The van der Waals surface area contributed by atoms with Crippen LogP contribution in [0.25, 0.3) is 77.2 Å². The minimum absolute atomic E-state index is 0.881. The third-order valence-electron chi connectivity index (χ3n) is 10.5. The molecule has 0 amide bonds. The molecule has 0 saturated carbocycles. The Kier molecular flexibility index (Phi) is 7.85. The van der Waals surface area contributed by atoms with E-state index in [0.717, 1.165) is 50.1 Å². The number of benzene rings is 9. The number of para-hydroxylation sites is 2. The van der Waals surface area contributed by atoms with Crippen LogP contribution in [0.4, 0.5) is 17.1 Å². The van der Waals surface area contributed by atoms with E-state index in [4.69, 9.17) is 4.42 Å². The summed E-state index contributed by atoms with van der Waals surface area (Å²) in [5, 5.41) is 4.72. The summed E-state index contributed by atoms with van der Waals surface area (Å²) in [6, 6.07) is 75.9. The highest BCUT2D eigenvalue weighted by molar-refractivity contribution is 6.07. The van der Waals surface area contributed by atoms with Gasteiger partial charge in [0.2, 0.25) is 0 Å². The molecule has 10 rings (SSSR count). The first kappa shape index (κ1) is 31.6. The van der Waals surface area contributed by atoms with Crippen LogP contribution >= 0.6 is 0 Å². The van der Waals surface area contributed by atoms with E-state index in [1.807, 2.05) is 12.1 Å². The molecule has 54 heavy (non-hydrogen) atoms. The van der Waals surface area contributed by atoms with E-state index < -0.39 is 0 Å². The van der Waals surface area contributed by atoms with Crippen LogP contribution in [0.1, 0.15) is 0 Å². The normalized spacial score (nSPS) is 11.3. The van der Waals surface area contributed by atoms with E-state index in [1.54, 1.807) is 0 Å². The second-order valence-corrected chi connectivity index (χ2v) is 13.7. The molecule has 0 unspecified atom stereocenters. The van der Waals surface area contributed by atoms with Crippen LogP contribution in [0.5, 0.6) is 0 Å². The summed E-state index contributed by atoms with van der Waals surface area (Å²) < 4.78 is 6.25. The van der Waals surface area contributed by atoms with Crippen molar-refractivity contribution in [3.63, 3.8) is 0 Å². The Morgan fingerprint density at radius 3 is 1.72 bits per heavy atom. The summed E-state index contributed by atoms with van der Waals surface area (Å²) >= 11 is 0. The lowest BCUT2D eigenvalue weighted by atomic mass is 9.95. The molecule has 254 valence electrons. The Morgan fingerprint density at radius 1 is 0.296 bits per heavy atom. The van der Waals surface area contributed by atoms with Crippen molar-refractivity contribution in [2.75, 3.05) is 4.90 Å². The molecule has 0 radical (unpaired) electrons. The Bertz CT molecular complexity index is 2920. The molecule has 0 bridgehead atoms. The molecule has 1 heterocycles. The fraction of sp³-hybridized carbons (Fsp3) is 0. The minimum Gasteiger partial charge on any atom is -0.456 e. The van der Waals surface area contributed by atoms with Crippen molar-refractivity contribution in [2.24, 2.45) is 0 Å². The first-order valence-corrected chi connectivity index (χ1v) is 18.4. The van der Waals surface area contributed by atoms with Crippen molar-refractivity contribution >= 4 is 49.8 Å². The Morgan fingerprint density at radius 2 is 0.852 bits per heavy atom. The SMILES string of the molecule is c1ccc(-c2ccc(-c3ccccc3N(c3ccc(-c4cccc(-c5cccc6ccccc56)c4)cc3)c3ccc4oc5ccccc5c4c3)cc2)cc1. The number of rotatable bonds is 7. The average molecular weight is 690 g/mol. The van der Waals surface area contributed by atoms with Gasteiger partial charge in [0.25, 0.3) is 0 Å². The van der Waals surface area contributed by atoms with Gasteiger partial charge in [-0.2, -0.15) is 0 Å². The van der Waals surface area contributed by atoms with Gasteiger partial charge in [-0.1, -0.05) is 164 Å². The fourth-order valence-corrected chi connectivity index (χ4v) is 7.81. The number of nitrogens with zero attached hydrogens (tertiary/aromatic N) is 1. The lowest BCUT2D eigenvalue weighted by Gasteiger charge is -2.28. The maximum Gasteiger partial charge on any atom is 0.135 e. The van der Waals surface area contributed by atoms with Gasteiger partial charge in [0.1, 0.15) is 11.2 Å². The lowest BCUT2D eigenvalue weighted by Crippen LogP contribution is -2.11.